The zero-order valence-electron chi connectivity index (χ0n) is 14.5. The quantitative estimate of drug-likeness (QED) is 0.708. The molecule has 0 spiro atoms. The van der Waals surface area contributed by atoms with Crippen LogP contribution in [0.3, 0.4) is 0 Å². The lowest BCUT2D eigenvalue weighted by atomic mass is 10.1. The second kappa shape index (κ2) is 7.53. The number of aromatic nitrogens is 4. The van der Waals surface area contributed by atoms with Crippen LogP contribution in [0, 0.1) is 5.82 Å². The van der Waals surface area contributed by atoms with Crippen LogP contribution in [-0.4, -0.2) is 50.2 Å². The number of nitrogens with zero attached hydrogens (tertiary/aromatic N) is 5. The molecule has 2 aromatic carbocycles. The third kappa shape index (κ3) is 3.79. The van der Waals surface area contributed by atoms with Gasteiger partial charge in [0, 0.05) is 31.5 Å². The third-order valence-electron chi connectivity index (χ3n) is 4.57. The second-order valence-electron chi connectivity index (χ2n) is 6.34. The van der Waals surface area contributed by atoms with Gasteiger partial charge in [0.15, 0.2) is 11.6 Å². The van der Waals surface area contributed by atoms with E-state index in [9.17, 15) is 9.18 Å². The van der Waals surface area contributed by atoms with E-state index in [0.29, 0.717) is 31.5 Å². The van der Waals surface area contributed by atoms with Crippen molar-refractivity contribution < 1.29 is 13.9 Å². The molecule has 0 N–H and O–H groups in total. The molecule has 1 saturated heterocycles. The Labute approximate surface area is 155 Å². The van der Waals surface area contributed by atoms with Crippen molar-refractivity contribution in [2.45, 2.75) is 18.9 Å². The molecule has 1 fully saturated rings. The smallest absolute Gasteiger partial charge is 0.253 e. The summed E-state index contributed by atoms with van der Waals surface area (Å²) in [4.78, 5) is 14.6. The zero-order chi connectivity index (χ0) is 18.6. The highest BCUT2D eigenvalue weighted by atomic mass is 19.1. The highest BCUT2D eigenvalue weighted by Crippen LogP contribution is 2.23. The predicted octanol–water partition coefficient (Wildman–Crippen LogP) is 2.49. The summed E-state index contributed by atoms with van der Waals surface area (Å²) >= 11 is 0. The fourth-order valence-electron chi connectivity index (χ4n) is 3.14. The SMILES string of the molecule is O=C(c1cccc(-n2cnnn2)c1)N1CCC(Oc2ccccc2F)CC1. The van der Waals surface area contributed by atoms with Crippen molar-refractivity contribution in [1.82, 2.24) is 25.1 Å². The van der Waals surface area contributed by atoms with Crippen molar-refractivity contribution in [3.05, 3.63) is 66.2 Å². The van der Waals surface area contributed by atoms with Gasteiger partial charge in [-0.1, -0.05) is 18.2 Å². The number of hydrogen-bond acceptors (Lipinski definition) is 5. The normalized spacial score (nSPS) is 14.9. The van der Waals surface area contributed by atoms with Gasteiger partial charge in [-0.3, -0.25) is 4.79 Å². The van der Waals surface area contributed by atoms with Gasteiger partial charge >= 0.3 is 0 Å². The van der Waals surface area contributed by atoms with Gasteiger partial charge in [0.05, 0.1) is 5.69 Å². The van der Waals surface area contributed by atoms with E-state index in [0.717, 1.165) is 5.69 Å². The lowest BCUT2D eigenvalue weighted by Crippen LogP contribution is -2.41. The molecule has 0 aliphatic carbocycles. The van der Waals surface area contributed by atoms with Gasteiger partial charge in [-0.05, 0) is 40.8 Å². The topological polar surface area (TPSA) is 73.1 Å². The number of hydrogen-bond donors (Lipinski definition) is 0. The van der Waals surface area contributed by atoms with E-state index < -0.39 is 0 Å². The molecule has 0 atom stereocenters. The Morgan fingerprint density at radius 2 is 1.93 bits per heavy atom. The standard InChI is InChI=1S/C19H18FN5O2/c20-17-6-1-2-7-18(17)27-16-8-10-24(11-9-16)19(26)14-4-3-5-15(12-14)25-13-21-22-23-25/h1-7,12-13,16H,8-11H2. The van der Waals surface area contributed by atoms with E-state index in [4.69, 9.17) is 4.74 Å². The number of likely N-dealkylation sites (tertiary alicyclic amines) is 1. The molecule has 0 radical (unpaired) electrons. The average Bonchev–Trinajstić information content (AvgIpc) is 3.25. The van der Waals surface area contributed by atoms with Crippen molar-refractivity contribution in [3.8, 4) is 11.4 Å². The first-order chi connectivity index (χ1) is 13.2. The Kier molecular flexibility index (Phi) is 4.78. The van der Waals surface area contributed by atoms with Gasteiger partial charge in [-0.25, -0.2) is 9.07 Å². The molecular weight excluding hydrogens is 349 g/mol. The molecule has 3 aromatic rings. The summed E-state index contributed by atoms with van der Waals surface area (Å²) in [5.74, 6) is -0.152. The van der Waals surface area contributed by atoms with Gasteiger partial charge in [0.25, 0.3) is 5.91 Å². The minimum absolute atomic E-state index is 0.0470. The summed E-state index contributed by atoms with van der Waals surface area (Å²) in [5.41, 5.74) is 1.31. The van der Waals surface area contributed by atoms with Crippen LogP contribution in [0.1, 0.15) is 23.2 Å². The van der Waals surface area contributed by atoms with Crippen molar-refractivity contribution in [1.29, 1.82) is 0 Å². The summed E-state index contributed by atoms with van der Waals surface area (Å²) in [6, 6.07) is 13.6. The van der Waals surface area contributed by atoms with E-state index in [1.165, 1.54) is 17.1 Å². The number of piperidine rings is 1. The van der Waals surface area contributed by atoms with Crippen LogP contribution in [0.2, 0.25) is 0 Å². The Hall–Kier alpha value is -3.29. The summed E-state index contributed by atoms with van der Waals surface area (Å²) in [7, 11) is 0. The lowest BCUT2D eigenvalue weighted by Gasteiger charge is -2.32. The maximum absolute atomic E-state index is 13.7. The Balaban J connectivity index is 1.39. The fourth-order valence-corrected chi connectivity index (χ4v) is 3.14. The van der Waals surface area contributed by atoms with Crippen molar-refractivity contribution in [3.63, 3.8) is 0 Å². The number of para-hydroxylation sites is 1. The highest BCUT2D eigenvalue weighted by Gasteiger charge is 2.25. The van der Waals surface area contributed by atoms with E-state index in [-0.39, 0.29) is 23.6 Å². The van der Waals surface area contributed by atoms with Crippen molar-refractivity contribution in [2.75, 3.05) is 13.1 Å². The first-order valence-electron chi connectivity index (χ1n) is 8.74. The molecule has 0 unspecified atom stereocenters. The van der Waals surface area contributed by atoms with Crippen LogP contribution >= 0.6 is 0 Å². The molecule has 2 heterocycles. The fraction of sp³-hybridized carbons (Fsp3) is 0.263. The number of tetrazole rings is 1. The van der Waals surface area contributed by atoms with Crippen LogP contribution in [0.5, 0.6) is 5.75 Å². The van der Waals surface area contributed by atoms with E-state index in [2.05, 4.69) is 15.5 Å². The maximum atomic E-state index is 13.7. The monoisotopic (exact) mass is 367 g/mol. The second-order valence-corrected chi connectivity index (χ2v) is 6.34. The Morgan fingerprint density at radius 1 is 1.11 bits per heavy atom. The number of amides is 1. The van der Waals surface area contributed by atoms with E-state index in [1.54, 1.807) is 41.3 Å². The summed E-state index contributed by atoms with van der Waals surface area (Å²) in [6.45, 7) is 1.13. The molecule has 0 bridgehead atoms. The van der Waals surface area contributed by atoms with Gasteiger partial charge in [-0.15, -0.1) is 5.10 Å². The molecule has 1 aliphatic rings. The number of carbonyl (C=O) groups excluding carboxylic acids is 1. The zero-order valence-corrected chi connectivity index (χ0v) is 14.5. The lowest BCUT2D eigenvalue weighted by molar-refractivity contribution is 0.0588. The molecule has 138 valence electrons. The molecule has 27 heavy (non-hydrogen) atoms. The highest BCUT2D eigenvalue weighted by molar-refractivity contribution is 5.94. The van der Waals surface area contributed by atoms with Crippen LogP contribution in [0.25, 0.3) is 5.69 Å². The van der Waals surface area contributed by atoms with Crippen LogP contribution < -0.4 is 4.74 Å². The molecular formula is C19H18FN5O2. The van der Waals surface area contributed by atoms with Gasteiger partial charge < -0.3 is 9.64 Å². The summed E-state index contributed by atoms with van der Waals surface area (Å²) < 4.78 is 21.0. The van der Waals surface area contributed by atoms with Gasteiger partial charge in [0.2, 0.25) is 0 Å². The number of carbonyl (C=O) groups is 1. The molecule has 0 saturated carbocycles. The minimum Gasteiger partial charge on any atom is -0.487 e. The van der Waals surface area contributed by atoms with Gasteiger partial charge in [-0.2, -0.15) is 0 Å². The third-order valence-corrected chi connectivity index (χ3v) is 4.57. The van der Waals surface area contributed by atoms with Crippen LogP contribution in [0.4, 0.5) is 4.39 Å². The predicted molar refractivity (Wildman–Crippen MR) is 95.1 cm³/mol. The van der Waals surface area contributed by atoms with Crippen molar-refractivity contribution in [2.24, 2.45) is 0 Å². The average molecular weight is 367 g/mol. The number of ether oxygens (including phenoxy) is 1. The Morgan fingerprint density at radius 3 is 2.67 bits per heavy atom. The molecule has 1 amide bonds. The molecule has 8 heteroatoms. The van der Waals surface area contributed by atoms with E-state index in [1.807, 2.05) is 6.07 Å². The number of halogens is 1. The molecule has 1 aliphatic heterocycles. The number of benzene rings is 2. The van der Waals surface area contributed by atoms with E-state index >= 15 is 0 Å². The number of rotatable bonds is 4. The minimum atomic E-state index is -0.365. The summed E-state index contributed by atoms with van der Waals surface area (Å²) in [6.07, 6.45) is 2.70. The molecule has 4 rings (SSSR count). The van der Waals surface area contributed by atoms with Gasteiger partial charge in [0.1, 0.15) is 12.4 Å². The molecule has 7 nitrogen and oxygen atoms in total. The maximum Gasteiger partial charge on any atom is 0.253 e. The largest absolute Gasteiger partial charge is 0.487 e. The first kappa shape index (κ1) is 17.1. The molecule has 1 aromatic heterocycles. The first-order valence-corrected chi connectivity index (χ1v) is 8.74. The summed E-state index contributed by atoms with van der Waals surface area (Å²) in [5, 5.41) is 11.1. The van der Waals surface area contributed by atoms with Crippen molar-refractivity contribution >= 4 is 5.91 Å². The van der Waals surface area contributed by atoms with Crippen LogP contribution in [0.15, 0.2) is 54.9 Å². The Bertz CT molecular complexity index is 923. The van der Waals surface area contributed by atoms with Crippen LogP contribution in [-0.2, 0) is 0 Å².